The zero-order valence-corrected chi connectivity index (χ0v) is 16.4. The van der Waals surface area contributed by atoms with Gasteiger partial charge in [-0.05, 0) is 30.3 Å². The molecule has 3 rings (SSSR count). The van der Waals surface area contributed by atoms with Crippen LogP contribution in [0.5, 0.6) is 11.6 Å². The van der Waals surface area contributed by atoms with Crippen LogP contribution in [0.25, 0.3) is 0 Å². The van der Waals surface area contributed by atoms with E-state index in [4.69, 9.17) is 14.3 Å². The minimum atomic E-state index is -4.05. The third-order valence-electron chi connectivity index (χ3n) is 3.93. The van der Waals surface area contributed by atoms with Crippen molar-refractivity contribution in [2.75, 3.05) is 14.2 Å². The van der Waals surface area contributed by atoms with Crippen molar-refractivity contribution in [1.82, 2.24) is 19.5 Å². The van der Waals surface area contributed by atoms with Crippen LogP contribution in [0.4, 0.5) is 4.39 Å². The Morgan fingerprint density at radius 3 is 2.69 bits per heavy atom. The molecule has 1 atom stereocenters. The van der Waals surface area contributed by atoms with Gasteiger partial charge in [0.1, 0.15) is 22.2 Å². The molecule has 0 spiro atoms. The van der Waals surface area contributed by atoms with E-state index in [2.05, 4.69) is 10.1 Å². The van der Waals surface area contributed by atoms with Gasteiger partial charge in [-0.15, -0.1) is 0 Å². The summed E-state index contributed by atoms with van der Waals surface area (Å²) in [6.45, 7) is 0.368. The van der Waals surface area contributed by atoms with Crippen LogP contribution in [0.15, 0.2) is 53.7 Å². The molecule has 1 unspecified atom stereocenters. The van der Waals surface area contributed by atoms with Gasteiger partial charge in [-0.3, -0.25) is 14.2 Å². The van der Waals surface area contributed by atoms with Gasteiger partial charge in [0.2, 0.25) is 5.88 Å². The van der Waals surface area contributed by atoms with Crippen molar-refractivity contribution < 1.29 is 22.9 Å². The number of ether oxygens (including phenoxy) is 2. The zero-order chi connectivity index (χ0) is 21.0. The Labute approximate surface area is 166 Å². The maximum absolute atomic E-state index is 14.2. The Bertz CT molecular complexity index is 1130. The predicted octanol–water partition coefficient (Wildman–Crippen LogP) is 2.23. The van der Waals surface area contributed by atoms with E-state index in [0.717, 1.165) is 6.07 Å². The Morgan fingerprint density at radius 1 is 1.24 bits per heavy atom. The third kappa shape index (κ3) is 4.35. The molecule has 2 N–H and O–H groups in total. The number of nitrogens with zero attached hydrogens (tertiary/aromatic N) is 3. The lowest BCUT2D eigenvalue weighted by molar-refractivity contribution is 0.0976. The zero-order valence-electron chi connectivity index (χ0n) is 15.6. The molecule has 0 aliphatic rings. The summed E-state index contributed by atoms with van der Waals surface area (Å²) in [5.74, 6) is -1.78. The monoisotopic (exact) mass is 419 g/mol. The molecule has 1 amide bonds. The summed E-state index contributed by atoms with van der Waals surface area (Å²) in [5, 5.41) is 4.09. The average molecular weight is 419 g/mol. The van der Waals surface area contributed by atoms with E-state index >= 15 is 0 Å². The molecule has 1 aromatic carbocycles. The van der Waals surface area contributed by atoms with Gasteiger partial charge < -0.3 is 9.47 Å². The summed E-state index contributed by atoms with van der Waals surface area (Å²) >= 11 is 0. The molecule has 0 fully saturated rings. The summed E-state index contributed by atoms with van der Waals surface area (Å²) in [6, 6.07) is 8.50. The van der Waals surface area contributed by atoms with Gasteiger partial charge in [0.05, 0.1) is 20.8 Å². The first-order chi connectivity index (χ1) is 13.9. The highest BCUT2D eigenvalue weighted by atomic mass is 32.2. The molecule has 0 aliphatic carbocycles. The lowest BCUT2D eigenvalue weighted by atomic mass is 10.2. The van der Waals surface area contributed by atoms with Gasteiger partial charge >= 0.3 is 0 Å². The van der Waals surface area contributed by atoms with Crippen LogP contribution in [-0.2, 0) is 16.5 Å². The number of hydrogen-bond donors (Lipinski definition) is 2. The molecule has 3 aromatic rings. The minimum Gasteiger partial charge on any atom is -0.495 e. The number of rotatable bonds is 7. The summed E-state index contributed by atoms with van der Waals surface area (Å²) < 4.78 is 48.8. The molecule has 11 heteroatoms. The van der Waals surface area contributed by atoms with Crippen molar-refractivity contribution in [3.05, 3.63) is 65.9 Å². The second-order valence-electron chi connectivity index (χ2n) is 5.83. The van der Waals surface area contributed by atoms with Crippen molar-refractivity contribution in [1.29, 1.82) is 4.78 Å². The van der Waals surface area contributed by atoms with Crippen LogP contribution in [-0.4, -0.2) is 39.1 Å². The molecule has 2 heterocycles. The van der Waals surface area contributed by atoms with E-state index in [1.54, 1.807) is 29.2 Å². The van der Waals surface area contributed by atoms with Crippen LogP contribution < -0.4 is 14.2 Å². The number of benzene rings is 1. The van der Waals surface area contributed by atoms with Crippen LogP contribution in [0.1, 0.15) is 16.1 Å². The Morgan fingerprint density at radius 2 is 2.03 bits per heavy atom. The van der Waals surface area contributed by atoms with Crippen LogP contribution >= 0.6 is 0 Å². The fraction of sp³-hybridized carbons (Fsp3) is 0.167. The molecule has 29 heavy (non-hydrogen) atoms. The first kappa shape index (κ1) is 20.3. The van der Waals surface area contributed by atoms with E-state index in [9.17, 15) is 13.4 Å². The highest BCUT2D eigenvalue weighted by Crippen LogP contribution is 2.27. The number of halogens is 1. The lowest BCUT2D eigenvalue weighted by Crippen LogP contribution is -2.31. The van der Waals surface area contributed by atoms with Gasteiger partial charge in [-0.25, -0.2) is 18.4 Å². The van der Waals surface area contributed by atoms with E-state index in [1.165, 1.54) is 32.4 Å². The molecular weight excluding hydrogens is 401 g/mol. The highest BCUT2D eigenvalue weighted by molar-refractivity contribution is 7.91. The van der Waals surface area contributed by atoms with Crippen molar-refractivity contribution >= 4 is 15.8 Å². The molecule has 0 radical (unpaired) electrons. The van der Waals surface area contributed by atoms with Crippen molar-refractivity contribution in [2.45, 2.75) is 11.4 Å². The van der Waals surface area contributed by atoms with Gasteiger partial charge in [0, 0.05) is 18.0 Å². The number of nitrogens with one attached hydrogen (secondary N) is 2. The largest absolute Gasteiger partial charge is 0.495 e. The Kier molecular flexibility index (Phi) is 5.78. The van der Waals surface area contributed by atoms with Gasteiger partial charge in [-0.1, -0.05) is 6.07 Å². The smallest absolute Gasteiger partial charge is 0.282 e. The number of aromatic nitrogens is 3. The molecule has 0 saturated carbocycles. The topological polar surface area (TPSA) is 119 Å². The Balaban J connectivity index is 1.87. The lowest BCUT2D eigenvalue weighted by Gasteiger charge is -2.14. The first-order valence-electron chi connectivity index (χ1n) is 8.30. The summed E-state index contributed by atoms with van der Waals surface area (Å²) in [5.41, 5.74) is 0.525. The highest BCUT2D eigenvalue weighted by Gasteiger charge is 2.24. The standard InChI is InChI=1S/C18H18FN5O4S/c1-27-15-6-3-5-13(19)16(15)29(20,26)23-17(25)14-8-7-12(18(22-14)28-2)11-24-10-4-9-21-24/h3-10H,11H2,1-2H3,(H2,20,23,25,26). The Hall–Kier alpha value is -3.47. The quantitative estimate of drug-likeness (QED) is 0.606. The number of carbonyl (C=O) groups excluding carboxylic acids is 1. The summed E-state index contributed by atoms with van der Waals surface area (Å²) in [4.78, 5) is 16.1. The van der Waals surface area contributed by atoms with Crippen LogP contribution in [0, 0.1) is 10.6 Å². The molecule has 2 aromatic heterocycles. The van der Waals surface area contributed by atoms with E-state index < -0.39 is 26.5 Å². The second kappa shape index (κ2) is 8.27. The minimum absolute atomic E-state index is 0.106. The van der Waals surface area contributed by atoms with Crippen LogP contribution in [0.3, 0.4) is 0 Å². The number of methoxy groups -OCH3 is 2. The van der Waals surface area contributed by atoms with Crippen molar-refractivity contribution in [3.63, 3.8) is 0 Å². The van der Waals surface area contributed by atoms with Gasteiger partial charge in [0.25, 0.3) is 5.91 Å². The van der Waals surface area contributed by atoms with Crippen LogP contribution in [0.2, 0.25) is 0 Å². The summed E-state index contributed by atoms with van der Waals surface area (Å²) in [6.07, 6.45) is 3.39. The molecule has 0 aliphatic heterocycles. The molecule has 0 bridgehead atoms. The van der Waals surface area contributed by atoms with Gasteiger partial charge in [-0.2, -0.15) is 5.10 Å². The van der Waals surface area contributed by atoms with E-state index in [-0.39, 0.29) is 17.3 Å². The predicted molar refractivity (Wildman–Crippen MR) is 102 cm³/mol. The van der Waals surface area contributed by atoms with E-state index in [0.29, 0.717) is 12.1 Å². The molecule has 9 nitrogen and oxygen atoms in total. The molecule has 0 saturated heterocycles. The fourth-order valence-electron chi connectivity index (χ4n) is 2.62. The molecule has 152 valence electrons. The maximum atomic E-state index is 14.2. The SMILES string of the molecule is COc1cccc(F)c1S(=N)(=O)NC(=O)c1ccc(Cn2cccn2)c(OC)n1. The normalized spacial score (nSPS) is 12.8. The summed E-state index contributed by atoms with van der Waals surface area (Å²) in [7, 11) is -1.40. The average Bonchev–Trinajstić information content (AvgIpc) is 3.20. The maximum Gasteiger partial charge on any atom is 0.282 e. The number of carbonyl (C=O) groups is 1. The first-order valence-corrected chi connectivity index (χ1v) is 9.86. The molecular formula is C18H18FN5O4S. The number of pyridine rings is 1. The van der Waals surface area contributed by atoms with E-state index in [1.807, 2.05) is 4.72 Å². The number of hydrogen-bond acceptors (Lipinski definition) is 7. The van der Waals surface area contributed by atoms with Gasteiger partial charge in [0.15, 0.2) is 9.92 Å². The third-order valence-corrected chi connectivity index (χ3v) is 5.38. The van der Waals surface area contributed by atoms with Crippen molar-refractivity contribution in [2.24, 2.45) is 0 Å². The fourth-order valence-corrected chi connectivity index (χ4v) is 3.87. The van der Waals surface area contributed by atoms with Crippen molar-refractivity contribution in [3.8, 4) is 11.6 Å². The second-order valence-corrected chi connectivity index (χ2v) is 7.55. The number of amides is 1.